The molecule has 44 valence electrons. The number of hydrogen-bond acceptors (Lipinski definition) is 0. The van der Waals surface area contributed by atoms with Gasteiger partial charge in [0.05, 0.1) is 0 Å². The van der Waals surface area contributed by atoms with Gasteiger partial charge in [-0.15, -0.1) is 38.4 Å². The van der Waals surface area contributed by atoms with Crippen LogP contribution in [0.1, 0.15) is 0 Å². The first-order valence-electron chi connectivity index (χ1n) is 2.27. The van der Waals surface area contributed by atoms with Gasteiger partial charge in [-0.1, -0.05) is 0 Å². The monoisotopic (exact) mass is 186 g/mol. The largest absolute Gasteiger partial charge is 0.656 e. The summed E-state index contributed by atoms with van der Waals surface area (Å²) < 4.78 is 0. The van der Waals surface area contributed by atoms with Crippen molar-refractivity contribution in [1.82, 2.24) is 0 Å². The summed E-state index contributed by atoms with van der Waals surface area (Å²) in [6.07, 6.45) is 3.53. The van der Waals surface area contributed by atoms with E-state index in [4.69, 9.17) is 0 Å². The van der Waals surface area contributed by atoms with Crippen LogP contribution >= 0.6 is 0 Å². The summed E-state index contributed by atoms with van der Waals surface area (Å²) in [4.78, 5) is 0. The molecule has 8 heavy (non-hydrogen) atoms. The Balaban J connectivity index is 0. The Morgan fingerprint density at radius 3 is 1.75 bits per heavy atom. The summed E-state index contributed by atoms with van der Waals surface area (Å²) in [6, 6.07) is 0. The Kier molecular flexibility index (Phi) is 14.4. The van der Waals surface area contributed by atoms with Crippen LogP contribution in [-0.2, 0) is 26.2 Å². The van der Waals surface area contributed by atoms with Crippen molar-refractivity contribution in [3.63, 3.8) is 0 Å². The molecule has 0 saturated heterocycles. The van der Waals surface area contributed by atoms with E-state index >= 15 is 0 Å². The van der Waals surface area contributed by atoms with E-state index in [2.05, 4.69) is 18.5 Å². The Morgan fingerprint density at radius 2 is 1.50 bits per heavy atom. The molecule has 0 amide bonds. The molecule has 2 heteroatoms. The van der Waals surface area contributed by atoms with Crippen LogP contribution in [0.15, 0.2) is 25.3 Å². The average molecular weight is 187 g/mol. The molecule has 0 radical (unpaired) electrons. The fraction of sp³-hybridized carbons (Fsp3) is 0.333. The van der Waals surface area contributed by atoms with Gasteiger partial charge in [0.2, 0.25) is 0 Å². The van der Waals surface area contributed by atoms with Gasteiger partial charge in [0.25, 0.3) is 0 Å². The Bertz CT molecular complexity index is 53.5. The van der Waals surface area contributed by atoms with Crippen LogP contribution in [0.2, 0.25) is 0 Å². The van der Waals surface area contributed by atoms with Crippen LogP contribution < -0.4 is 0 Å². The van der Waals surface area contributed by atoms with Gasteiger partial charge >= 0.3 is 0 Å². The zero-order valence-corrected chi connectivity index (χ0v) is 7.39. The molecule has 0 aromatic carbocycles. The van der Waals surface area contributed by atoms with E-state index in [0.29, 0.717) is 0 Å². The maximum Gasteiger partial charge on any atom is 0 e. The van der Waals surface area contributed by atoms with Crippen molar-refractivity contribution in [2.45, 2.75) is 0 Å². The quantitative estimate of drug-likeness (QED) is 0.470. The smallest absolute Gasteiger partial charge is 0 e. The van der Waals surface area contributed by atoms with Gasteiger partial charge in [-0.05, 0) is 0 Å². The van der Waals surface area contributed by atoms with Crippen molar-refractivity contribution in [3.05, 3.63) is 30.6 Å². The number of hydrogen-bond donors (Lipinski definition) is 0. The standard InChI is InChI=1S/C6H10N.Zr/c1-3-5-7-6-4-2;/h3-4H,1-2,5-6H2;/q-1;. The van der Waals surface area contributed by atoms with Gasteiger partial charge < -0.3 is 5.32 Å². The van der Waals surface area contributed by atoms with Crippen LogP contribution in [0, 0.1) is 0 Å². The second-order valence-electron chi connectivity index (χ2n) is 1.17. The molecule has 0 atom stereocenters. The molecular formula is C6H10NZr-. The normalized spacial score (nSPS) is 7.00. The average Bonchev–Trinajstić information content (AvgIpc) is 1.69. The zero-order valence-electron chi connectivity index (χ0n) is 4.93. The molecule has 0 bridgehead atoms. The third kappa shape index (κ3) is 9.59. The van der Waals surface area contributed by atoms with Crippen LogP contribution in [0.25, 0.3) is 5.32 Å². The van der Waals surface area contributed by atoms with Crippen LogP contribution in [0.3, 0.4) is 0 Å². The topological polar surface area (TPSA) is 14.1 Å². The Labute approximate surface area is 70.0 Å². The van der Waals surface area contributed by atoms with Crippen molar-refractivity contribution >= 4 is 0 Å². The van der Waals surface area contributed by atoms with Gasteiger partial charge in [0.1, 0.15) is 0 Å². The Morgan fingerprint density at radius 1 is 1.12 bits per heavy atom. The summed E-state index contributed by atoms with van der Waals surface area (Å²) in [5, 5.41) is 3.97. The molecule has 0 rings (SSSR count). The van der Waals surface area contributed by atoms with E-state index in [-0.39, 0.29) is 26.2 Å². The molecule has 0 heterocycles. The van der Waals surface area contributed by atoms with Gasteiger partial charge in [-0.25, -0.2) is 0 Å². The van der Waals surface area contributed by atoms with Crippen molar-refractivity contribution in [2.75, 3.05) is 13.1 Å². The molecule has 0 spiro atoms. The minimum atomic E-state index is 0. The van der Waals surface area contributed by atoms with Crippen molar-refractivity contribution < 1.29 is 26.2 Å². The molecule has 0 aromatic rings. The molecule has 0 aromatic heterocycles. The second-order valence-corrected chi connectivity index (χ2v) is 1.17. The maximum atomic E-state index is 3.97. The predicted molar refractivity (Wildman–Crippen MR) is 33.5 cm³/mol. The minimum Gasteiger partial charge on any atom is -0.656 e. The van der Waals surface area contributed by atoms with Crippen LogP contribution in [0.5, 0.6) is 0 Å². The van der Waals surface area contributed by atoms with E-state index in [1.54, 1.807) is 12.2 Å². The molecule has 0 aliphatic rings. The van der Waals surface area contributed by atoms with Crippen LogP contribution in [-0.4, -0.2) is 13.1 Å². The van der Waals surface area contributed by atoms with E-state index in [9.17, 15) is 0 Å². The molecule has 0 fully saturated rings. The van der Waals surface area contributed by atoms with Gasteiger partial charge in [0, 0.05) is 26.2 Å². The summed E-state index contributed by atoms with van der Waals surface area (Å²) in [7, 11) is 0. The van der Waals surface area contributed by atoms with E-state index in [1.807, 2.05) is 0 Å². The van der Waals surface area contributed by atoms with E-state index < -0.39 is 0 Å². The third-order valence-corrected chi connectivity index (χ3v) is 0.516. The summed E-state index contributed by atoms with van der Waals surface area (Å²) in [5.41, 5.74) is 0. The number of rotatable bonds is 4. The van der Waals surface area contributed by atoms with Crippen molar-refractivity contribution in [3.8, 4) is 0 Å². The SMILES string of the molecule is C=CC[N-]CC=C.[Zr]. The second kappa shape index (κ2) is 10.3. The molecular weight excluding hydrogens is 177 g/mol. The fourth-order valence-corrected chi connectivity index (χ4v) is 0.257. The molecule has 0 N–H and O–H groups in total. The maximum absolute atomic E-state index is 3.97. The van der Waals surface area contributed by atoms with Gasteiger partial charge in [-0.2, -0.15) is 0 Å². The molecule has 0 unspecified atom stereocenters. The van der Waals surface area contributed by atoms with Crippen molar-refractivity contribution in [1.29, 1.82) is 0 Å². The van der Waals surface area contributed by atoms with Crippen molar-refractivity contribution in [2.24, 2.45) is 0 Å². The summed E-state index contributed by atoms with van der Waals surface area (Å²) in [6.45, 7) is 8.49. The molecule has 0 aliphatic heterocycles. The first-order chi connectivity index (χ1) is 3.41. The first-order valence-corrected chi connectivity index (χ1v) is 2.27. The van der Waals surface area contributed by atoms with Gasteiger partial charge in [0.15, 0.2) is 0 Å². The minimum absolute atomic E-state index is 0. The van der Waals surface area contributed by atoms with E-state index in [1.165, 1.54) is 0 Å². The molecule has 0 saturated carbocycles. The first kappa shape index (κ1) is 11.2. The fourth-order valence-electron chi connectivity index (χ4n) is 0.257. The van der Waals surface area contributed by atoms with Gasteiger partial charge in [-0.3, -0.25) is 0 Å². The predicted octanol–water partition coefficient (Wildman–Crippen LogP) is 1.73. The molecule has 0 aliphatic carbocycles. The third-order valence-electron chi connectivity index (χ3n) is 0.516. The number of nitrogens with zero attached hydrogens (tertiary/aromatic N) is 1. The zero-order chi connectivity index (χ0) is 5.54. The summed E-state index contributed by atoms with van der Waals surface area (Å²) >= 11 is 0. The van der Waals surface area contributed by atoms with E-state index in [0.717, 1.165) is 13.1 Å². The Hall–Kier alpha value is 0.323. The summed E-state index contributed by atoms with van der Waals surface area (Å²) in [5.74, 6) is 0. The molecule has 1 nitrogen and oxygen atoms in total. The van der Waals surface area contributed by atoms with Crippen LogP contribution in [0.4, 0.5) is 0 Å².